The van der Waals surface area contributed by atoms with Crippen LogP contribution in [0.3, 0.4) is 0 Å². The number of aromatic nitrogens is 2. The van der Waals surface area contributed by atoms with Crippen molar-refractivity contribution in [2.75, 3.05) is 19.5 Å². The number of rotatable bonds is 5. The first-order chi connectivity index (χ1) is 8.06. The Bertz CT molecular complexity index is 400. The second-order valence-electron chi connectivity index (χ2n) is 3.41. The zero-order chi connectivity index (χ0) is 12.8. The molecule has 0 saturated carbocycles. The molecule has 0 aliphatic rings. The Morgan fingerprint density at radius 2 is 2.29 bits per heavy atom. The molecule has 0 fully saturated rings. The maximum absolute atomic E-state index is 11.3. The zero-order valence-electron chi connectivity index (χ0n) is 9.95. The normalized spacial score (nSPS) is 12.0. The maximum atomic E-state index is 11.3. The molecule has 1 rings (SSSR count). The average Bonchev–Trinajstić information content (AvgIpc) is 2.27. The Morgan fingerprint density at radius 3 is 2.88 bits per heavy atom. The molecule has 17 heavy (non-hydrogen) atoms. The lowest BCUT2D eigenvalue weighted by Gasteiger charge is -2.13. The quantitative estimate of drug-likeness (QED) is 0.765. The van der Waals surface area contributed by atoms with Crippen LogP contribution >= 0.6 is 11.6 Å². The molecule has 0 bridgehead atoms. The maximum Gasteiger partial charge on any atom is 0.241 e. The van der Waals surface area contributed by atoms with Crippen LogP contribution in [-0.4, -0.2) is 36.1 Å². The van der Waals surface area contributed by atoms with Crippen LogP contribution in [0, 0.1) is 0 Å². The Balaban J connectivity index is 2.80. The van der Waals surface area contributed by atoms with Crippen LogP contribution in [0.25, 0.3) is 0 Å². The minimum absolute atomic E-state index is 0.131. The molecule has 1 amide bonds. The summed E-state index contributed by atoms with van der Waals surface area (Å²) in [5, 5.41) is 5.77. The molecule has 1 aromatic rings. The molecule has 94 valence electrons. The lowest BCUT2D eigenvalue weighted by atomic mass is 10.3. The van der Waals surface area contributed by atoms with Crippen LogP contribution in [0.4, 0.5) is 5.82 Å². The monoisotopic (exact) mass is 258 g/mol. The standard InChI is InChI=1S/C10H15ClN4O2/c1-6(10(16)12-2)13-8-4-7(11)14-9(15-8)5-17-3/h4,6H,5H2,1-3H3,(H,12,16)(H,13,14,15). The molecule has 1 unspecified atom stereocenters. The summed E-state index contributed by atoms with van der Waals surface area (Å²) in [6, 6.07) is 1.15. The van der Waals surface area contributed by atoms with E-state index in [1.807, 2.05) is 0 Å². The van der Waals surface area contributed by atoms with Gasteiger partial charge in [-0.1, -0.05) is 11.6 Å². The smallest absolute Gasteiger partial charge is 0.241 e. The fourth-order valence-corrected chi connectivity index (χ4v) is 1.44. The van der Waals surface area contributed by atoms with Gasteiger partial charge >= 0.3 is 0 Å². The van der Waals surface area contributed by atoms with Crippen LogP contribution in [0.15, 0.2) is 6.07 Å². The number of nitrogens with zero attached hydrogens (tertiary/aromatic N) is 2. The SMILES string of the molecule is CNC(=O)C(C)Nc1cc(Cl)nc(COC)n1. The van der Waals surface area contributed by atoms with Crippen molar-refractivity contribution < 1.29 is 9.53 Å². The van der Waals surface area contributed by atoms with Crippen molar-refractivity contribution in [2.24, 2.45) is 0 Å². The number of nitrogens with one attached hydrogen (secondary N) is 2. The first-order valence-corrected chi connectivity index (χ1v) is 5.45. The molecule has 0 saturated heterocycles. The van der Waals surface area contributed by atoms with Gasteiger partial charge in [0.2, 0.25) is 5.91 Å². The first kappa shape index (κ1) is 13.7. The largest absolute Gasteiger partial charge is 0.377 e. The van der Waals surface area contributed by atoms with E-state index in [0.29, 0.717) is 16.8 Å². The number of amides is 1. The number of hydrogen-bond acceptors (Lipinski definition) is 5. The van der Waals surface area contributed by atoms with E-state index in [2.05, 4.69) is 20.6 Å². The van der Waals surface area contributed by atoms with Gasteiger partial charge in [0.25, 0.3) is 0 Å². The highest BCUT2D eigenvalue weighted by Crippen LogP contribution is 2.13. The molecule has 6 nitrogen and oxygen atoms in total. The van der Waals surface area contributed by atoms with E-state index in [4.69, 9.17) is 16.3 Å². The predicted molar refractivity (Wildman–Crippen MR) is 64.9 cm³/mol. The molecule has 2 N–H and O–H groups in total. The van der Waals surface area contributed by atoms with Crippen LogP contribution in [-0.2, 0) is 16.1 Å². The summed E-state index contributed by atoms with van der Waals surface area (Å²) in [6.07, 6.45) is 0. The van der Waals surface area contributed by atoms with Gasteiger partial charge in [0.1, 0.15) is 23.6 Å². The topological polar surface area (TPSA) is 76.1 Å². The summed E-state index contributed by atoms with van der Waals surface area (Å²) in [4.78, 5) is 19.5. The highest BCUT2D eigenvalue weighted by Gasteiger charge is 2.12. The van der Waals surface area contributed by atoms with E-state index < -0.39 is 6.04 Å². The second kappa shape index (κ2) is 6.36. The third-order valence-electron chi connectivity index (χ3n) is 2.02. The third kappa shape index (κ3) is 4.16. The molecule has 1 heterocycles. The summed E-state index contributed by atoms with van der Waals surface area (Å²) in [5.74, 6) is 0.827. The molecular formula is C10H15ClN4O2. The van der Waals surface area contributed by atoms with E-state index in [9.17, 15) is 4.79 Å². The van der Waals surface area contributed by atoms with Crippen LogP contribution in [0.5, 0.6) is 0 Å². The Hall–Kier alpha value is -1.40. The molecule has 0 radical (unpaired) electrons. The second-order valence-corrected chi connectivity index (χ2v) is 3.79. The van der Waals surface area contributed by atoms with Crippen molar-refractivity contribution >= 4 is 23.3 Å². The van der Waals surface area contributed by atoms with Gasteiger partial charge in [-0.15, -0.1) is 0 Å². The van der Waals surface area contributed by atoms with Crippen molar-refractivity contribution in [3.8, 4) is 0 Å². The van der Waals surface area contributed by atoms with Gasteiger partial charge in [-0.2, -0.15) is 0 Å². The molecular weight excluding hydrogens is 244 g/mol. The van der Waals surface area contributed by atoms with Crippen molar-refractivity contribution in [1.29, 1.82) is 0 Å². The predicted octanol–water partition coefficient (Wildman–Crippen LogP) is 0.823. The van der Waals surface area contributed by atoms with Crippen LogP contribution in [0.2, 0.25) is 5.15 Å². The Morgan fingerprint density at radius 1 is 1.59 bits per heavy atom. The summed E-state index contributed by atoms with van der Waals surface area (Å²) in [7, 11) is 3.12. The lowest BCUT2D eigenvalue weighted by Crippen LogP contribution is -2.35. The minimum Gasteiger partial charge on any atom is -0.377 e. The number of likely N-dealkylation sites (N-methyl/N-ethyl adjacent to an activating group) is 1. The fraction of sp³-hybridized carbons (Fsp3) is 0.500. The van der Waals surface area contributed by atoms with Gasteiger partial charge in [0.05, 0.1) is 0 Å². The molecule has 0 aliphatic heterocycles. The van der Waals surface area contributed by atoms with E-state index in [1.165, 1.54) is 0 Å². The van der Waals surface area contributed by atoms with Gasteiger partial charge in [-0.25, -0.2) is 9.97 Å². The highest BCUT2D eigenvalue weighted by molar-refractivity contribution is 6.29. The number of carbonyl (C=O) groups excluding carboxylic acids is 1. The van der Waals surface area contributed by atoms with E-state index >= 15 is 0 Å². The van der Waals surface area contributed by atoms with Gasteiger partial charge in [0, 0.05) is 20.2 Å². The average molecular weight is 259 g/mol. The lowest BCUT2D eigenvalue weighted by molar-refractivity contribution is -0.121. The Labute approximate surface area is 105 Å². The summed E-state index contributed by atoms with van der Waals surface area (Å²) in [6.45, 7) is 1.99. The van der Waals surface area contributed by atoms with Crippen LogP contribution in [0.1, 0.15) is 12.7 Å². The number of hydrogen-bond donors (Lipinski definition) is 2. The third-order valence-corrected chi connectivity index (χ3v) is 2.21. The van der Waals surface area contributed by atoms with Crippen LogP contribution < -0.4 is 10.6 Å². The summed E-state index contributed by atoms with van der Waals surface area (Å²) >= 11 is 5.84. The minimum atomic E-state index is -0.402. The number of carbonyl (C=O) groups is 1. The molecule has 0 spiro atoms. The number of methoxy groups -OCH3 is 1. The van der Waals surface area contributed by atoms with Crippen molar-refractivity contribution in [3.63, 3.8) is 0 Å². The van der Waals surface area contributed by atoms with E-state index in [-0.39, 0.29) is 12.5 Å². The molecule has 0 aliphatic carbocycles. The molecule has 0 aromatic carbocycles. The number of ether oxygens (including phenoxy) is 1. The highest BCUT2D eigenvalue weighted by atomic mass is 35.5. The summed E-state index contributed by atoms with van der Waals surface area (Å²) in [5.41, 5.74) is 0. The summed E-state index contributed by atoms with van der Waals surface area (Å²) < 4.78 is 4.92. The number of anilines is 1. The van der Waals surface area contributed by atoms with Crippen molar-refractivity contribution in [1.82, 2.24) is 15.3 Å². The van der Waals surface area contributed by atoms with E-state index in [1.54, 1.807) is 27.1 Å². The molecule has 1 aromatic heterocycles. The van der Waals surface area contributed by atoms with Gasteiger partial charge < -0.3 is 15.4 Å². The van der Waals surface area contributed by atoms with Gasteiger partial charge in [0.15, 0.2) is 5.82 Å². The molecule has 7 heteroatoms. The fourth-order valence-electron chi connectivity index (χ4n) is 1.24. The van der Waals surface area contributed by atoms with Gasteiger partial charge in [-0.05, 0) is 6.92 Å². The van der Waals surface area contributed by atoms with Gasteiger partial charge in [-0.3, -0.25) is 4.79 Å². The van der Waals surface area contributed by atoms with Crippen molar-refractivity contribution in [3.05, 3.63) is 17.0 Å². The van der Waals surface area contributed by atoms with Crippen molar-refractivity contribution in [2.45, 2.75) is 19.6 Å². The zero-order valence-corrected chi connectivity index (χ0v) is 10.7. The number of halogens is 1. The molecule has 1 atom stereocenters. The van der Waals surface area contributed by atoms with E-state index in [0.717, 1.165) is 0 Å². The first-order valence-electron chi connectivity index (χ1n) is 5.07. The Kier molecular flexibility index (Phi) is 5.11.